The highest BCUT2D eigenvalue weighted by atomic mass is 16.5. The van der Waals surface area contributed by atoms with Gasteiger partial charge >= 0.3 is 0 Å². The van der Waals surface area contributed by atoms with Gasteiger partial charge in [0.25, 0.3) is 5.91 Å². The average molecular weight is 409 g/mol. The Hall–Kier alpha value is -3.19. The highest BCUT2D eigenvalue weighted by Crippen LogP contribution is 2.26. The first-order valence-corrected chi connectivity index (χ1v) is 10.1. The van der Waals surface area contributed by atoms with Crippen LogP contribution in [0.15, 0.2) is 47.0 Å². The molecule has 0 bridgehead atoms. The van der Waals surface area contributed by atoms with Gasteiger partial charge in [-0.1, -0.05) is 25.1 Å². The topological polar surface area (TPSA) is 80.5 Å². The minimum absolute atomic E-state index is 0.302. The van der Waals surface area contributed by atoms with E-state index >= 15 is 0 Å². The standard InChI is InChI=1S/C23H28N4O3/c1-5-8-19-21(26-23(30-19)18-10-7-6-9-16(18)2)22(28)25-17-11-12-20(24-15-17)27(3)13-14-29-4/h6-7,9-12,15H,5,8,13-14H2,1-4H3,(H,25,28). The van der Waals surface area contributed by atoms with Crippen LogP contribution in [0.3, 0.4) is 0 Å². The molecular weight excluding hydrogens is 380 g/mol. The minimum atomic E-state index is -0.302. The monoisotopic (exact) mass is 408 g/mol. The highest BCUT2D eigenvalue weighted by molar-refractivity contribution is 6.03. The van der Waals surface area contributed by atoms with E-state index in [1.54, 1.807) is 13.3 Å². The number of amides is 1. The van der Waals surface area contributed by atoms with Crippen molar-refractivity contribution in [3.05, 3.63) is 59.6 Å². The second-order valence-corrected chi connectivity index (χ2v) is 7.13. The molecule has 0 radical (unpaired) electrons. The number of anilines is 2. The summed E-state index contributed by atoms with van der Waals surface area (Å²) >= 11 is 0. The summed E-state index contributed by atoms with van der Waals surface area (Å²) in [5, 5.41) is 2.88. The van der Waals surface area contributed by atoms with Gasteiger partial charge in [-0.25, -0.2) is 9.97 Å². The van der Waals surface area contributed by atoms with E-state index in [9.17, 15) is 4.79 Å². The van der Waals surface area contributed by atoms with Crippen LogP contribution in [0.25, 0.3) is 11.5 Å². The van der Waals surface area contributed by atoms with Crippen LogP contribution in [0.1, 0.15) is 35.2 Å². The Kier molecular flexibility index (Phi) is 7.19. The van der Waals surface area contributed by atoms with Gasteiger partial charge in [-0.3, -0.25) is 4.79 Å². The summed E-state index contributed by atoms with van der Waals surface area (Å²) in [7, 11) is 3.61. The van der Waals surface area contributed by atoms with Gasteiger partial charge in [-0.2, -0.15) is 0 Å². The van der Waals surface area contributed by atoms with Crippen LogP contribution >= 0.6 is 0 Å². The quantitative estimate of drug-likeness (QED) is 0.568. The fourth-order valence-electron chi connectivity index (χ4n) is 3.07. The molecule has 158 valence electrons. The second-order valence-electron chi connectivity index (χ2n) is 7.13. The number of nitrogens with zero attached hydrogens (tertiary/aromatic N) is 3. The summed E-state index contributed by atoms with van der Waals surface area (Å²) in [6.07, 6.45) is 3.13. The number of ether oxygens (including phenoxy) is 1. The number of hydrogen-bond acceptors (Lipinski definition) is 6. The molecule has 7 heteroatoms. The van der Waals surface area contributed by atoms with Crippen molar-refractivity contribution in [1.82, 2.24) is 9.97 Å². The molecule has 0 unspecified atom stereocenters. The smallest absolute Gasteiger partial charge is 0.277 e. The number of likely N-dealkylation sites (N-methyl/N-ethyl adjacent to an activating group) is 1. The maximum absolute atomic E-state index is 12.9. The third-order valence-corrected chi connectivity index (χ3v) is 4.79. The lowest BCUT2D eigenvalue weighted by atomic mass is 10.1. The number of benzene rings is 1. The van der Waals surface area contributed by atoms with Crippen LogP contribution in [-0.2, 0) is 11.2 Å². The first kappa shape index (κ1) is 21.5. The molecule has 0 aliphatic carbocycles. The lowest BCUT2D eigenvalue weighted by Crippen LogP contribution is -2.23. The summed E-state index contributed by atoms with van der Waals surface area (Å²) in [4.78, 5) is 23.8. The first-order chi connectivity index (χ1) is 14.5. The molecule has 1 amide bonds. The van der Waals surface area contributed by atoms with Gasteiger partial charge in [0.15, 0.2) is 5.69 Å². The van der Waals surface area contributed by atoms with Gasteiger partial charge in [-0.05, 0) is 37.1 Å². The second kappa shape index (κ2) is 10.0. The van der Waals surface area contributed by atoms with E-state index in [0.717, 1.165) is 29.9 Å². The third kappa shape index (κ3) is 5.04. The molecule has 3 aromatic rings. The zero-order chi connectivity index (χ0) is 21.5. The average Bonchev–Trinajstić information content (AvgIpc) is 3.17. The van der Waals surface area contributed by atoms with Gasteiger partial charge in [0.05, 0.1) is 18.5 Å². The molecule has 7 nitrogen and oxygen atoms in total. The lowest BCUT2D eigenvalue weighted by Gasteiger charge is -2.17. The molecule has 0 saturated carbocycles. The number of aromatic nitrogens is 2. The normalized spacial score (nSPS) is 10.8. The Bertz CT molecular complexity index is 982. The predicted molar refractivity (Wildman–Crippen MR) is 118 cm³/mol. The molecule has 0 saturated heterocycles. The molecule has 1 aromatic carbocycles. The van der Waals surface area contributed by atoms with Crippen LogP contribution in [0.5, 0.6) is 0 Å². The van der Waals surface area contributed by atoms with E-state index in [2.05, 4.69) is 15.3 Å². The summed E-state index contributed by atoms with van der Waals surface area (Å²) in [6.45, 7) is 5.39. The maximum atomic E-state index is 12.9. The third-order valence-electron chi connectivity index (χ3n) is 4.79. The van der Waals surface area contributed by atoms with Gasteiger partial charge < -0.3 is 19.4 Å². The van der Waals surface area contributed by atoms with E-state index in [-0.39, 0.29) is 5.91 Å². The van der Waals surface area contributed by atoms with Crippen molar-refractivity contribution in [3.63, 3.8) is 0 Å². The summed E-state index contributed by atoms with van der Waals surface area (Å²) < 4.78 is 11.1. The number of oxazole rings is 1. The zero-order valence-corrected chi connectivity index (χ0v) is 17.9. The van der Waals surface area contributed by atoms with Crippen molar-refractivity contribution in [2.75, 3.05) is 37.5 Å². The zero-order valence-electron chi connectivity index (χ0n) is 17.9. The largest absolute Gasteiger partial charge is 0.440 e. The van der Waals surface area contributed by atoms with Gasteiger partial charge in [0, 0.05) is 32.7 Å². The van der Waals surface area contributed by atoms with Crippen molar-refractivity contribution in [1.29, 1.82) is 0 Å². The number of rotatable bonds is 9. The number of aryl methyl sites for hydroxylation is 2. The SMILES string of the molecule is CCCc1oc(-c2ccccc2C)nc1C(=O)Nc1ccc(N(C)CCOC)nc1. The summed E-state index contributed by atoms with van der Waals surface area (Å²) in [5.41, 5.74) is 2.85. The molecule has 0 atom stereocenters. The van der Waals surface area contributed by atoms with Crippen LogP contribution in [0.4, 0.5) is 11.5 Å². The van der Waals surface area contributed by atoms with Crippen LogP contribution in [0, 0.1) is 6.92 Å². The first-order valence-electron chi connectivity index (χ1n) is 10.1. The molecular formula is C23H28N4O3. The Balaban J connectivity index is 1.78. The van der Waals surface area contributed by atoms with Crippen LogP contribution in [-0.4, -0.2) is 43.2 Å². The number of methoxy groups -OCH3 is 1. The van der Waals surface area contributed by atoms with Crippen LogP contribution in [0.2, 0.25) is 0 Å². The molecule has 1 N–H and O–H groups in total. The number of carbonyl (C=O) groups is 1. The van der Waals surface area contributed by atoms with Crippen molar-refractivity contribution < 1.29 is 13.9 Å². The Morgan fingerprint density at radius 1 is 1.23 bits per heavy atom. The van der Waals surface area contributed by atoms with Gasteiger partial charge in [0.1, 0.15) is 11.6 Å². The van der Waals surface area contributed by atoms with Gasteiger partial charge in [0.2, 0.25) is 5.89 Å². The Morgan fingerprint density at radius 2 is 2.03 bits per heavy atom. The van der Waals surface area contributed by atoms with Crippen molar-refractivity contribution in [2.45, 2.75) is 26.7 Å². The van der Waals surface area contributed by atoms with Crippen molar-refractivity contribution in [2.24, 2.45) is 0 Å². The van der Waals surface area contributed by atoms with Crippen molar-refractivity contribution >= 4 is 17.4 Å². The fourth-order valence-corrected chi connectivity index (χ4v) is 3.07. The molecule has 2 heterocycles. The van der Waals surface area contributed by atoms with E-state index in [4.69, 9.17) is 9.15 Å². The molecule has 0 spiro atoms. The molecule has 0 fully saturated rings. The van der Waals surface area contributed by atoms with E-state index < -0.39 is 0 Å². The minimum Gasteiger partial charge on any atom is -0.440 e. The van der Waals surface area contributed by atoms with E-state index in [0.29, 0.717) is 36.1 Å². The number of pyridine rings is 1. The predicted octanol–water partition coefficient (Wildman–Crippen LogP) is 4.33. The molecule has 3 rings (SSSR count). The molecule has 2 aromatic heterocycles. The Morgan fingerprint density at radius 3 is 2.70 bits per heavy atom. The van der Waals surface area contributed by atoms with Gasteiger partial charge in [-0.15, -0.1) is 0 Å². The molecule has 30 heavy (non-hydrogen) atoms. The summed E-state index contributed by atoms with van der Waals surface area (Å²) in [5.74, 6) is 1.57. The van der Waals surface area contributed by atoms with E-state index in [1.165, 1.54) is 0 Å². The van der Waals surface area contributed by atoms with E-state index in [1.807, 2.05) is 62.2 Å². The lowest BCUT2D eigenvalue weighted by molar-refractivity contribution is 0.102. The Labute approximate surface area is 177 Å². The number of carbonyl (C=O) groups excluding carboxylic acids is 1. The number of nitrogens with one attached hydrogen (secondary N) is 1. The number of hydrogen-bond donors (Lipinski definition) is 1. The molecule has 0 aliphatic rings. The molecule has 0 aliphatic heterocycles. The fraction of sp³-hybridized carbons (Fsp3) is 0.348. The maximum Gasteiger partial charge on any atom is 0.277 e. The highest BCUT2D eigenvalue weighted by Gasteiger charge is 2.21. The van der Waals surface area contributed by atoms with Crippen molar-refractivity contribution in [3.8, 4) is 11.5 Å². The summed E-state index contributed by atoms with van der Waals surface area (Å²) in [6, 6.07) is 11.5. The van der Waals surface area contributed by atoms with Crippen LogP contribution < -0.4 is 10.2 Å².